The van der Waals surface area contributed by atoms with Gasteiger partial charge in [-0.05, 0) is 55.3 Å². The molecule has 0 bridgehead atoms. The fraction of sp³-hybridized carbons (Fsp3) is 0.222. The molecule has 2 amide bonds. The summed E-state index contributed by atoms with van der Waals surface area (Å²) in [6.07, 6.45) is 0. The van der Waals surface area contributed by atoms with Gasteiger partial charge in [0.05, 0.1) is 10.0 Å². The van der Waals surface area contributed by atoms with Crippen molar-refractivity contribution in [2.45, 2.75) is 13.8 Å². The van der Waals surface area contributed by atoms with E-state index in [9.17, 15) is 9.59 Å². The lowest BCUT2D eigenvalue weighted by Gasteiger charge is -2.09. The quantitative estimate of drug-likeness (QED) is 0.793. The van der Waals surface area contributed by atoms with Crippen LogP contribution in [-0.2, 0) is 0 Å². The average molecular weight is 365 g/mol. The summed E-state index contributed by atoms with van der Waals surface area (Å²) >= 11 is 11.7. The number of nitrogens with one attached hydrogen (secondary N) is 2. The second-order valence-corrected chi connectivity index (χ2v) is 6.25. The molecule has 126 valence electrons. The molecule has 2 aromatic rings. The Hall–Kier alpha value is -2.04. The summed E-state index contributed by atoms with van der Waals surface area (Å²) in [4.78, 5) is 24.0. The van der Waals surface area contributed by atoms with E-state index in [0.29, 0.717) is 34.3 Å². The standard InChI is InChI=1S/C18H18Cl2N2O2/c1-11-3-4-13(9-12(11)2)17(23)21-7-8-22-18(24)14-5-6-15(19)16(20)10-14/h3-6,9-10H,7-8H2,1-2H3,(H,21,23)(H,22,24). The topological polar surface area (TPSA) is 58.2 Å². The van der Waals surface area contributed by atoms with E-state index in [-0.39, 0.29) is 11.8 Å². The van der Waals surface area contributed by atoms with Gasteiger partial charge in [0.15, 0.2) is 0 Å². The molecule has 2 aromatic carbocycles. The van der Waals surface area contributed by atoms with Gasteiger partial charge in [0.2, 0.25) is 0 Å². The number of rotatable bonds is 5. The van der Waals surface area contributed by atoms with Gasteiger partial charge >= 0.3 is 0 Å². The van der Waals surface area contributed by atoms with Crippen LogP contribution in [0.4, 0.5) is 0 Å². The van der Waals surface area contributed by atoms with Crippen molar-refractivity contribution in [2.24, 2.45) is 0 Å². The zero-order valence-electron chi connectivity index (χ0n) is 13.5. The SMILES string of the molecule is Cc1ccc(C(=O)NCCNC(=O)c2ccc(Cl)c(Cl)c2)cc1C. The minimum atomic E-state index is -0.269. The lowest BCUT2D eigenvalue weighted by atomic mass is 10.1. The van der Waals surface area contributed by atoms with Crippen LogP contribution < -0.4 is 10.6 Å². The lowest BCUT2D eigenvalue weighted by molar-refractivity contribution is 0.0927. The lowest BCUT2D eigenvalue weighted by Crippen LogP contribution is -2.34. The molecule has 4 nitrogen and oxygen atoms in total. The molecule has 2 N–H and O–H groups in total. The first-order valence-electron chi connectivity index (χ1n) is 7.47. The highest BCUT2D eigenvalue weighted by atomic mass is 35.5. The molecular weight excluding hydrogens is 347 g/mol. The number of carbonyl (C=O) groups excluding carboxylic acids is 2. The number of aryl methyl sites for hydroxylation is 2. The molecule has 6 heteroatoms. The van der Waals surface area contributed by atoms with E-state index in [1.54, 1.807) is 18.2 Å². The highest BCUT2D eigenvalue weighted by molar-refractivity contribution is 6.42. The number of halogens is 2. The van der Waals surface area contributed by atoms with Crippen molar-refractivity contribution < 1.29 is 9.59 Å². The summed E-state index contributed by atoms with van der Waals surface area (Å²) < 4.78 is 0. The third-order valence-electron chi connectivity index (χ3n) is 3.65. The molecule has 0 spiro atoms. The van der Waals surface area contributed by atoms with Gasteiger partial charge in [-0.3, -0.25) is 9.59 Å². The number of amides is 2. The van der Waals surface area contributed by atoms with Crippen molar-refractivity contribution in [2.75, 3.05) is 13.1 Å². The van der Waals surface area contributed by atoms with E-state index >= 15 is 0 Å². The number of hydrogen-bond donors (Lipinski definition) is 2. The van der Waals surface area contributed by atoms with Crippen LogP contribution in [0.25, 0.3) is 0 Å². The molecule has 0 saturated heterocycles. The van der Waals surface area contributed by atoms with Crippen LogP contribution in [0, 0.1) is 13.8 Å². The van der Waals surface area contributed by atoms with E-state index in [1.807, 2.05) is 26.0 Å². The summed E-state index contributed by atoms with van der Waals surface area (Å²) in [6.45, 7) is 4.60. The average Bonchev–Trinajstić information content (AvgIpc) is 2.56. The first kappa shape index (κ1) is 18.3. The molecule has 0 aliphatic rings. The van der Waals surface area contributed by atoms with Gasteiger partial charge in [-0.25, -0.2) is 0 Å². The predicted molar refractivity (Wildman–Crippen MR) is 97.0 cm³/mol. The minimum absolute atomic E-state index is 0.165. The molecule has 0 unspecified atom stereocenters. The third-order valence-corrected chi connectivity index (χ3v) is 4.39. The van der Waals surface area contributed by atoms with Crippen molar-refractivity contribution in [3.05, 3.63) is 68.7 Å². The van der Waals surface area contributed by atoms with Crippen molar-refractivity contribution in [1.29, 1.82) is 0 Å². The van der Waals surface area contributed by atoms with Gasteiger partial charge in [-0.2, -0.15) is 0 Å². The third kappa shape index (κ3) is 4.73. The Balaban J connectivity index is 1.81. The van der Waals surface area contributed by atoms with Crippen LogP contribution in [0.5, 0.6) is 0 Å². The van der Waals surface area contributed by atoms with E-state index < -0.39 is 0 Å². The Kier molecular flexibility index (Phi) is 6.23. The van der Waals surface area contributed by atoms with Gasteiger partial charge in [-0.15, -0.1) is 0 Å². The Morgan fingerprint density at radius 3 is 1.88 bits per heavy atom. The maximum absolute atomic E-state index is 12.0. The molecule has 2 rings (SSSR count). The Labute approximate surface area is 151 Å². The summed E-state index contributed by atoms with van der Waals surface area (Å²) in [7, 11) is 0. The second kappa shape index (κ2) is 8.18. The molecule has 0 saturated carbocycles. The zero-order valence-corrected chi connectivity index (χ0v) is 15.0. The van der Waals surface area contributed by atoms with Gasteiger partial charge in [-0.1, -0.05) is 29.3 Å². The normalized spacial score (nSPS) is 10.3. The van der Waals surface area contributed by atoms with E-state index in [0.717, 1.165) is 11.1 Å². The highest BCUT2D eigenvalue weighted by Crippen LogP contribution is 2.22. The molecule has 0 aliphatic carbocycles. The fourth-order valence-corrected chi connectivity index (χ4v) is 2.37. The molecule has 0 fully saturated rings. The molecule has 24 heavy (non-hydrogen) atoms. The molecule has 0 heterocycles. The smallest absolute Gasteiger partial charge is 0.251 e. The predicted octanol–water partition coefficient (Wildman–Crippen LogP) is 3.77. The van der Waals surface area contributed by atoms with Gasteiger partial charge in [0, 0.05) is 24.2 Å². The number of benzene rings is 2. The molecule has 0 atom stereocenters. The highest BCUT2D eigenvalue weighted by Gasteiger charge is 2.09. The van der Waals surface area contributed by atoms with Gasteiger partial charge < -0.3 is 10.6 Å². The zero-order chi connectivity index (χ0) is 17.7. The number of hydrogen-bond acceptors (Lipinski definition) is 2. The van der Waals surface area contributed by atoms with Gasteiger partial charge in [0.1, 0.15) is 0 Å². The van der Waals surface area contributed by atoms with Gasteiger partial charge in [0.25, 0.3) is 11.8 Å². The van der Waals surface area contributed by atoms with Crippen LogP contribution in [-0.4, -0.2) is 24.9 Å². The summed E-state index contributed by atoms with van der Waals surface area (Å²) in [5, 5.41) is 6.21. The molecule has 0 aliphatic heterocycles. The summed E-state index contributed by atoms with van der Waals surface area (Å²) in [6, 6.07) is 10.2. The van der Waals surface area contributed by atoms with Crippen molar-refractivity contribution >= 4 is 35.0 Å². The van der Waals surface area contributed by atoms with Crippen LogP contribution in [0.15, 0.2) is 36.4 Å². The van der Waals surface area contributed by atoms with Crippen molar-refractivity contribution in [3.63, 3.8) is 0 Å². The Bertz CT molecular complexity index is 710. The molecule has 0 aromatic heterocycles. The first-order chi connectivity index (χ1) is 11.4. The second-order valence-electron chi connectivity index (χ2n) is 5.44. The summed E-state index contributed by atoms with van der Waals surface area (Å²) in [5.41, 5.74) is 3.23. The van der Waals surface area contributed by atoms with Crippen LogP contribution in [0.2, 0.25) is 10.0 Å². The summed E-state index contributed by atoms with van der Waals surface area (Å²) in [5.74, 6) is -0.434. The van der Waals surface area contributed by atoms with E-state index in [2.05, 4.69) is 10.6 Å². The monoisotopic (exact) mass is 364 g/mol. The number of carbonyl (C=O) groups is 2. The Morgan fingerprint density at radius 1 is 0.792 bits per heavy atom. The van der Waals surface area contributed by atoms with E-state index in [4.69, 9.17) is 23.2 Å². The molecular formula is C18H18Cl2N2O2. The Morgan fingerprint density at radius 2 is 1.33 bits per heavy atom. The fourth-order valence-electron chi connectivity index (χ4n) is 2.08. The van der Waals surface area contributed by atoms with Crippen molar-refractivity contribution in [3.8, 4) is 0 Å². The van der Waals surface area contributed by atoms with Crippen molar-refractivity contribution in [1.82, 2.24) is 10.6 Å². The van der Waals surface area contributed by atoms with E-state index in [1.165, 1.54) is 6.07 Å². The maximum atomic E-state index is 12.0. The van der Waals surface area contributed by atoms with Crippen LogP contribution in [0.3, 0.4) is 0 Å². The van der Waals surface area contributed by atoms with Crippen LogP contribution in [0.1, 0.15) is 31.8 Å². The maximum Gasteiger partial charge on any atom is 0.251 e. The first-order valence-corrected chi connectivity index (χ1v) is 8.23. The minimum Gasteiger partial charge on any atom is -0.350 e. The van der Waals surface area contributed by atoms with Crippen LogP contribution >= 0.6 is 23.2 Å². The largest absolute Gasteiger partial charge is 0.350 e. The molecule has 0 radical (unpaired) electrons.